The highest BCUT2D eigenvalue weighted by atomic mass is 35.5. The van der Waals surface area contributed by atoms with E-state index < -0.39 is 0 Å². The molecule has 1 amide bonds. The molecule has 1 unspecified atom stereocenters. The summed E-state index contributed by atoms with van der Waals surface area (Å²) in [7, 11) is 1.61. The van der Waals surface area contributed by atoms with Gasteiger partial charge in [0.15, 0.2) is 0 Å². The number of ether oxygens (including phenoxy) is 1. The van der Waals surface area contributed by atoms with Crippen LogP contribution >= 0.6 is 11.6 Å². The summed E-state index contributed by atoms with van der Waals surface area (Å²) < 4.78 is 5.08. The van der Waals surface area contributed by atoms with Gasteiger partial charge in [-0.3, -0.25) is 4.79 Å². The van der Waals surface area contributed by atoms with Crippen molar-refractivity contribution in [1.29, 1.82) is 0 Å². The first kappa shape index (κ1) is 14.8. The third-order valence-electron chi connectivity index (χ3n) is 2.65. The molecule has 0 radical (unpaired) electrons. The van der Waals surface area contributed by atoms with Crippen molar-refractivity contribution in [2.45, 2.75) is 19.9 Å². The highest BCUT2D eigenvalue weighted by Gasteiger charge is 2.17. The molecule has 18 heavy (non-hydrogen) atoms. The topological polar surface area (TPSA) is 64.3 Å². The van der Waals surface area contributed by atoms with Crippen molar-refractivity contribution in [2.75, 3.05) is 19.5 Å². The molecule has 1 atom stereocenters. The van der Waals surface area contributed by atoms with Crippen molar-refractivity contribution < 1.29 is 9.53 Å². The van der Waals surface area contributed by atoms with Gasteiger partial charge in [-0.15, -0.1) is 0 Å². The second-order valence-electron chi connectivity index (χ2n) is 4.55. The molecule has 4 nitrogen and oxygen atoms in total. The molecule has 0 spiro atoms. The van der Waals surface area contributed by atoms with Crippen LogP contribution in [-0.4, -0.2) is 25.7 Å². The Labute approximate surface area is 112 Å². The lowest BCUT2D eigenvalue weighted by molar-refractivity contribution is 0.0866. The van der Waals surface area contributed by atoms with Gasteiger partial charge in [0.05, 0.1) is 12.6 Å². The van der Waals surface area contributed by atoms with Gasteiger partial charge in [-0.25, -0.2) is 0 Å². The lowest BCUT2D eigenvalue weighted by Crippen LogP contribution is -2.41. The predicted octanol–water partition coefficient (Wildman–Crippen LogP) is 2.32. The molecule has 0 aliphatic heterocycles. The van der Waals surface area contributed by atoms with Gasteiger partial charge in [-0.05, 0) is 24.1 Å². The number of nitrogens with one attached hydrogen (secondary N) is 1. The fourth-order valence-corrected chi connectivity index (χ4v) is 1.82. The zero-order valence-corrected chi connectivity index (χ0v) is 11.6. The highest BCUT2D eigenvalue weighted by molar-refractivity contribution is 6.31. The first-order valence-electron chi connectivity index (χ1n) is 5.80. The Bertz CT molecular complexity index is 401. The number of methoxy groups -OCH3 is 1. The Morgan fingerprint density at radius 1 is 1.44 bits per heavy atom. The van der Waals surface area contributed by atoms with Crippen molar-refractivity contribution in [3.63, 3.8) is 0 Å². The molecule has 1 rings (SSSR count). The predicted molar refractivity (Wildman–Crippen MR) is 73.8 cm³/mol. The number of halogens is 1. The van der Waals surface area contributed by atoms with Gasteiger partial charge in [-0.2, -0.15) is 0 Å². The number of benzene rings is 1. The minimum absolute atomic E-state index is 0.0392. The number of nitrogen functional groups attached to an aromatic ring is 1. The van der Waals surface area contributed by atoms with Gasteiger partial charge < -0.3 is 15.8 Å². The summed E-state index contributed by atoms with van der Waals surface area (Å²) in [5.74, 6) is 0.0883. The lowest BCUT2D eigenvalue weighted by atomic mass is 10.0. The van der Waals surface area contributed by atoms with Gasteiger partial charge in [0.2, 0.25) is 0 Å². The fraction of sp³-hybridized carbons (Fsp3) is 0.462. The molecule has 0 heterocycles. The van der Waals surface area contributed by atoms with E-state index in [1.54, 1.807) is 25.3 Å². The molecular weight excluding hydrogens is 252 g/mol. The molecule has 0 aliphatic rings. The van der Waals surface area contributed by atoms with Crippen LogP contribution in [0.1, 0.15) is 24.2 Å². The van der Waals surface area contributed by atoms with Crippen LogP contribution in [-0.2, 0) is 4.74 Å². The van der Waals surface area contributed by atoms with Crippen LogP contribution in [0.15, 0.2) is 18.2 Å². The highest BCUT2D eigenvalue weighted by Crippen LogP contribution is 2.17. The fourth-order valence-electron chi connectivity index (χ4n) is 1.58. The Kier molecular flexibility index (Phi) is 5.44. The third kappa shape index (κ3) is 4.20. The average molecular weight is 271 g/mol. The maximum Gasteiger partial charge on any atom is 0.251 e. The SMILES string of the molecule is COCC(NC(=O)c1cc(N)cc(Cl)c1)C(C)C. The number of amides is 1. The standard InChI is InChI=1S/C13H19ClN2O2/c1-8(2)12(7-18-3)16-13(17)9-4-10(14)6-11(15)5-9/h4-6,8,12H,7,15H2,1-3H3,(H,16,17). The normalized spacial score (nSPS) is 12.5. The van der Waals surface area contributed by atoms with E-state index in [0.717, 1.165) is 0 Å². The summed E-state index contributed by atoms with van der Waals surface area (Å²) in [5, 5.41) is 3.36. The Morgan fingerprint density at radius 3 is 2.61 bits per heavy atom. The third-order valence-corrected chi connectivity index (χ3v) is 2.87. The molecule has 1 aromatic rings. The number of nitrogens with two attached hydrogens (primary N) is 1. The van der Waals surface area contributed by atoms with Crippen molar-refractivity contribution in [1.82, 2.24) is 5.32 Å². The zero-order valence-electron chi connectivity index (χ0n) is 10.9. The quantitative estimate of drug-likeness (QED) is 0.807. The maximum atomic E-state index is 12.1. The van der Waals surface area contributed by atoms with Crippen LogP contribution in [0, 0.1) is 5.92 Å². The van der Waals surface area contributed by atoms with Crippen LogP contribution in [0.4, 0.5) is 5.69 Å². The summed E-state index contributed by atoms with van der Waals surface area (Å²) >= 11 is 5.87. The van der Waals surface area contributed by atoms with E-state index in [1.807, 2.05) is 13.8 Å². The molecule has 100 valence electrons. The molecule has 3 N–H and O–H groups in total. The van der Waals surface area contributed by atoms with Crippen molar-refractivity contribution >= 4 is 23.2 Å². The van der Waals surface area contributed by atoms with E-state index in [1.165, 1.54) is 0 Å². The summed E-state index contributed by atoms with van der Waals surface area (Å²) in [6.07, 6.45) is 0. The molecule has 5 heteroatoms. The smallest absolute Gasteiger partial charge is 0.251 e. The van der Waals surface area contributed by atoms with E-state index in [9.17, 15) is 4.79 Å². The van der Waals surface area contributed by atoms with Gasteiger partial charge in [-0.1, -0.05) is 25.4 Å². The Hall–Kier alpha value is -1.26. The van der Waals surface area contributed by atoms with E-state index in [2.05, 4.69) is 5.32 Å². The summed E-state index contributed by atoms with van der Waals surface area (Å²) in [5.41, 5.74) is 6.59. The number of rotatable bonds is 5. The molecule has 0 bridgehead atoms. The minimum atomic E-state index is -0.194. The Morgan fingerprint density at radius 2 is 2.11 bits per heavy atom. The van der Waals surface area contributed by atoms with Crippen molar-refractivity contribution in [2.24, 2.45) is 5.92 Å². The van der Waals surface area contributed by atoms with Gasteiger partial charge >= 0.3 is 0 Å². The lowest BCUT2D eigenvalue weighted by Gasteiger charge is -2.21. The van der Waals surface area contributed by atoms with Crippen molar-refractivity contribution in [3.8, 4) is 0 Å². The maximum absolute atomic E-state index is 12.1. The second-order valence-corrected chi connectivity index (χ2v) is 4.99. The van der Waals surface area contributed by atoms with Crippen LogP contribution in [0.25, 0.3) is 0 Å². The molecular formula is C13H19ClN2O2. The molecule has 0 saturated carbocycles. The van der Waals surface area contributed by atoms with E-state index in [4.69, 9.17) is 22.1 Å². The molecule has 0 saturated heterocycles. The number of anilines is 1. The van der Waals surface area contributed by atoms with E-state index in [0.29, 0.717) is 22.9 Å². The van der Waals surface area contributed by atoms with E-state index in [-0.39, 0.29) is 17.9 Å². The Balaban J connectivity index is 2.80. The average Bonchev–Trinajstić information content (AvgIpc) is 2.26. The summed E-state index contributed by atoms with van der Waals surface area (Å²) in [6.45, 7) is 4.52. The number of carbonyl (C=O) groups excluding carboxylic acids is 1. The minimum Gasteiger partial charge on any atom is -0.399 e. The van der Waals surface area contributed by atoms with Crippen LogP contribution in [0.5, 0.6) is 0 Å². The van der Waals surface area contributed by atoms with Gasteiger partial charge in [0.1, 0.15) is 0 Å². The van der Waals surface area contributed by atoms with Crippen LogP contribution in [0.3, 0.4) is 0 Å². The second kappa shape index (κ2) is 6.61. The van der Waals surface area contributed by atoms with Crippen LogP contribution < -0.4 is 11.1 Å². The molecule has 0 fully saturated rings. The van der Waals surface area contributed by atoms with Crippen LogP contribution in [0.2, 0.25) is 5.02 Å². The number of carbonyl (C=O) groups is 1. The van der Waals surface area contributed by atoms with Gasteiger partial charge in [0, 0.05) is 23.4 Å². The van der Waals surface area contributed by atoms with Crippen molar-refractivity contribution in [3.05, 3.63) is 28.8 Å². The number of hydrogen-bond acceptors (Lipinski definition) is 3. The first-order valence-corrected chi connectivity index (χ1v) is 6.17. The van der Waals surface area contributed by atoms with E-state index >= 15 is 0 Å². The summed E-state index contributed by atoms with van der Waals surface area (Å²) in [4.78, 5) is 12.1. The molecule has 1 aromatic carbocycles. The monoisotopic (exact) mass is 270 g/mol. The summed E-state index contributed by atoms with van der Waals surface area (Å²) in [6, 6.07) is 4.76. The zero-order chi connectivity index (χ0) is 13.7. The van der Waals surface area contributed by atoms with Gasteiger partial charge in [0.25, 0.3) is 5.91 Å². The number of hydrogen-bond donors (Lipinski definition) is 2. The largest absolute Gasteiger partial charge is 0.399 e. The first-order chi connectivity index (χ1) is 8.43. The molecule has 0 aromatic heterocycles. The molecule has 0 aliphatic carbocycles.